The molecule has 0 fully saturated rings. The van der Waals surface area contributed by atoms with Crippen molar-refractivity contribution in [3.8, 4) is 5.75 Å². The average Bonchev–Trinajstić information content (AvgIpc) is 3.20. The van der Waals surface area contributed by atoms with Gasteiger partial charge in [-0.2, -0.15) is 0 Å². The lowest BCUT2D eigenvalue weighted by Crippen LogP contribution is -2.11. The first-order valence-corrected chi connectivity index (χ1v) is 7.37. The van der Waals surface area contributed by atoms with E-state index < -0.39 is 0 Å². The van der Waals surface area contributed by atoms with E-state index >= 15 is 0 Å². The molecule has 4 rings (SSSR count). The number of esters is 1. The van der Waals surface area contributed by atoms with Crippen molar-refractivity contribution in [2.45, 2.75) is 13.0 Å². The minimum atomic E-state index is -0.272. The monoisotopic (exact) mass is 306 g/mol. The number of carbonyl (C=O) groups is 1. The Bertz CT molecular complexity index is 970. The molecule has 23 heavy (non-hydrogen) atoms. The zero-order chi connectivity index (χ0) is 15.6. The molecule has 2 heterocycles. The molecule has 0 aliphatic heterocycles. The summed E-state index contributed by atoms with van der Waals surface area (Å²) in [5.74, 6) is 0.255. The predicted octanol–water partition coefficient (Wildman–Crippen LogP) is 3.78. The fourth-order valence-electron chi connectivity index (χ4n) is 2.59. The fourth-order valence-corrected chi connectivity index (χ4v) is 2.59. The molecule has 4 aromatic rings. The standard InChI is InChI=1S/C18H14N2O3/c21-18(7-9-20-10-8-19-12-20)22-13-5-6-17-15(11-13)14-3-1-2-4-16(14)23-17/h1-6,8,10-12H,7,9H2. The third kappa shape index (κ3) is 2.68. The highest BCUT2D eigenvalue weighted by Gasteiger charge is 2.10. The summed E-state index contributed by atoms with van der Waals surface area (Å²) in [6.07, 6.45) is 5.47. The van der Waals surface area contributed by atoms with Crippen molar-refractivity contribution in [2.24, 2.45) is 0 Å². The van der Waals surface area contributed by atoms with Gasteiger partial charge in [0.2, 0.25) is 0 Å². The highest BCUT2D eigenvalue weighted by molar-refractivity contribution is 6.05. The maximum absolute atomic E-state index is 12.0. The molecule has 2 aromatic carbocycles. The van der Waals surface area contributed by atoms with Gasteiger partial charge in [0.05, 0.1) is 12.7 Å². The van der Waals surface area contributed by atoms with Gasteiger partial charge in [-0.3, -0.25) is 4.79 Å². The maximum atomic E-state index is 12.0. The predicted molar refractivity (Wildman–Crippen MR) is 86.2 cm³/mol. The summed E-state index contributed by atoms with van der Waals surface area (Å²) in [7, 11) is 0. The van der Waals surface area contributed by atoms with Gasteiger partial charge in [-0.15, -0.1) is 0 Å². The van der Waals surface area contributed by atoms with Gasteiger partial charge < -0.3 is 13.7 Å². The third-order valence-electron chi connectivity index (χ3n) is 3.71. The number of imidazole rings is 1. The van der Waals surface area contributed by atoms with E-state index in [1.807, 2.05) is 47.2 Å². The van der Waals surface area contributed by atoms with E-state index in [0.717, 1.165) is 21.9 Å². The van der Waals surface area contributed by atoms with E-state index in [1.165, 1.54) is 0 Å². The summed E-state index contributed by atoms with van der Waals surface area (Å²) in [5, 5.41) is 1.96. The van der Waals surface area contributed by atoms with Crippen LogP contribution in [-0.2, 0) is 11.3 Å². The smallest absolute Gasteiger partial charge is 0.312 e. The molecule has 0 aliphatic carbocycles. The first-order chi connectivity index (χ1) is 11.3. The van der Waals surface area contributed by atoms with Gasteiger partial charge in [0.15, 0.2) is 0 Å². The molecule has 0 spiro atoms. The van der Waals surface area contributed by atoms with Crippen LogP contribution in [0.25, 0.3) is 21.9 Å². The molecule has 0 saturated carbocycles. The molecule has 114 valence electrons. The van der Waals surface area contributed by atoms with E-state index in [0.29, 0.717) is 18.7 Å². The SMILES string of the molecule is O=C(CCn1ccnc1)Oc1ccc2oc3ccccc3c2c1. The number of fused-ring (bicyclic) bond motifs is 3. The number of nitrogens with zero attached hydrogens (tertiary/aromatic N) is 2. The number of aromatic nitrogens is 2. The number of aryl methyl sites for hydroxylation is 1. The molecule has 5 heteroatoms. The van der Waals surface area contributed by atoms with Crippen molar-refractivity contribution in [3.05, 3.63) is 61.2 Å². The second kappa shape index (κ2) is 5.61. The van der Waals surface area contributed by atoms with Crippen LogP contribution in [0, 0.1) is 0 Å². The first-order valence-electron chi connectivity index (χ1n) is 7.37. The van der Waals surface area contributed by atoms with Crippen LogP contribution in [0.4, 0.5) is 0 Å². The van der Waals surface area contributed by atoms with Crippen LogP contribution >= 0.6 is 0 Å². The fraction of sp³-hybridized carbons (Fsp3) is 0.111. The van der Waals surface area contributed by atoms with Crippen molar-refractivity contribution >= 4 is 27.9 Å². The molecule has 0 atom stereocenters. The molecular weight excluding hydrogens is 292 g/mol. The van der Waals surface area contributed by atoms with E-state index in [2.05, 4.69) is 4.98 Å². The molecule has 5 nitrogen and oxygen atoms in total. The lowest BCUT2D eigenvalue weighted by Gasteiger charge is -2.05. The molecule has 0 N–H and O–H groups in total. The summed E-state index contributed by atoms with van der Waals surface area (Å²) in [4.78, 5) is 15.9. The minimum absolute atomic E-state index is 0.272. The topological polar surface area (TPSA) is 57.3 Å². The van der Waals surface area contributed by atoms with Gasteiger partial charge in [-0.05, 0) is 24.3 Å². The van der Waals surface area contributed by atoms with Crippen LogP contribution in [-0.4, -0.2) is 15.5 Å². The maximum Gasteiger partial charge on any atom is 0.312 e. The number of hydrogen-bond acceptors (Lipinski definition) is 4. The molecule has 0 aliphatic rings. The third-order valence-corrected chi connectivity index (χ3v) is 3.71. The van der Waals surface area contributed by atoms with Crippen LogP contribution in [0.15, 0.2) is 65.6 Å². The van der Waals surface area contributed by atoms with Crippen molar-refractivity contribution in [1.29, 1.82) is 0 Å². The molecular formula is C18H14N2O3. The van der Waals surface area contributed by atoms with E-state index in [-0.39, 0.29) is 5.97 Å². The van der Waals surface area contributed by atoms with Gasteiger partial charge in [0, 0.05) is 29.7 Å². The summed E-state index contributed by atoms with van der Waals surface area (Å²) in [6, 6.07) is 13.2. The Balaban J connectivity index is 1.54. The normalized spacial score (nSPS) is 11.1. The Labute approximate surface area is 132 Å². The number of ether oxygens (including phenoxy) is 1. The summed E-state index contributed by atoms with van der Waals surface area (Å²) in [5.41, 5.74) is 1.61. The van der Waals surface area contributed by atoms with Crippen LogP contribution < -0.4 is 4.74 Å². The van der Waals surface area contributed by atoms with Gasteiger partial charge >= 0.3 is 5.97 Å². The Hall–Kier alpha value is -3.08. The molecule has 0 saturated heterocycles. The zero-order valence-corrected chi connectivity index (χ0v) is 12.3. The van der Waals surface area contributed by atoms with Gasteiger partial charge in [0.25, 0.3) is 0 Å². The molecule has 0 bridgehead atoms. The Morgan fingerprint density at radius 2 is 2.00 bits per heavy atom. The highest BCUT2D eigenvalue weighted by atomic mass is 16.5. The average molecular weight is 306 g/mol. The molecule has 2 aromatic heterocycles. The Morgan fingerprint density at radius 1 is 1.13 bits per heavy atom. The number of hydrogen-bond donors (Lipinski definition) is 0. The van der Waals surface area contributed by atoms with Crippen molar-refractivity contribution in [3.63, 3.8) is 0 Å². The number of para-hydroxylation sites is 1. The number of rotatable bonds is 4. The van der Waals surface area contributed by atoms with Crippen molar-refractivity contribution in [1.82, 2.24) is 9.55 Å². The lowest BCUT2D eigenvalue weighted by molar-refractivity contribution is -0.134. The van der Waals surface area contributed by atoms with E-state index in [4.69, 9.17) is 9.15 Å². The van der Waals surface area contributed by atoms with Crippen LogP contribution in [0.1, 0.15) is 6.42 Å². The summed E-state index contributed by atoms with van der Waals surface area (Å²) < 4.78 is 13.0. The molecule has 0 radical (unpaired) electrons. The number of benzene rings is 2. The van der Waals surface area contributed by atoms with Crippen molar-refractivity contribution < 1.29 is 13.9 Å². The first kappa shape index (κ1) is 13.6. The summed E-state index contributed by atoms with van der Waals surface area (Å²) in [6.45, 7) is 0.551. The second-order valence-electron chi connectivity index (χ2n) is 5.28. The van der Waals surface area contributed by atoms with Gasteiger partial charge in [-0.25, -0.2) is 4.98 Å². The van der Waals surface area contributed by atoms with Crippen LogP contribution in [0.2, 0.25) is 0 Å². The van der Waals surface area contributed by atoms with E-state index in [9.17, 15) is 4.79 Å². The number of furan rings is 1. The zero-order valence-electron chi connectivity index (χ0n) is 12.3. The van der Waals surface area contributed by atoms with Gasteiger partial charge in [-0.1, -0.05) is 18.2 Å². The van der Waals surface area contributed by atoms with E-state index in [1.54, 1.807) is 18.6 Å². The van der Waals surface area contributed by atoms with Crippen LogP contribution in [0.5, 0.6) is 5.75 Å². The Kier molecular flexibility index (Phi) is 3.31. The molecule has 0 unspecified atom stereocenters. The minimum Gasteiger partial charge on any atom is -0.456 e. The second-order valence-corrected chi connectivity index (χ2v) is 5.28. The lowest BCUT2D eigenvalue weighted by atomic mass is 10.1. The van der Waals surface area contributed by atoms with Crippen molar-refractivity contribution in [2.75, 3.05) is 0 Å². The number of carbonyl (C=O) groups excluding carboxylic acids is 1. The molecule has 0 amide bonds. The summed E-state index contributed by atoms with van der Waals surface area (Å²) >= 11 is 0. The van der Waals surface area contributed by atoms with Gasteiger partial charge in [0.1, 0.15) is 16.9 Å². The quantitative estimate of drug-likeness (QED) is 0.425. The highest BCUT2D eigenvalue weighted by Crippen LogP contribution is 2.31. The van der Waals surface area contributed by atoms with Crippen LogP contribution in [0.3, 0.4) is 0 Å². The largest absolute Gasteiger partial charge is 0.456 e. The Morgan fingerprint density at radius 3 is 2.87 bits per heavy atom.